The number of pyridine rings is 1. The van der Waals surface area contributed by atoms with Crippen LogP contribution in [-0.4, -0.2) is 25.9 Å². The molecule has 0 atom stereocenters. The number of aromatic nitrogens is 4. The van der Waals surface area contributed by atoms with Gasteiger partial charge in [0.25, 0.3) is 5.91 Å². The molecule has 0 spiro atoms. The SMILES string of the molecule is [C-]#[N+]c1cccc(-c2ccc(C(=O)Nc3cnc(-n4nccn4)c(Cl)c3)c(Cl)c2)c1. The number of hydrogen-bond acceptors (Lipinski definition) is 4. The second-order valence-electron chi connectivity index (χ2n) is 6.16. The molecule has 0 saturated carbocycles. The molecule has 146 valence electrons. The van der Waals surface area contributed by atoms with E-state index in [0.717, 1.165) is 11.1 Å². The molecule has 9 heteroatoms. The van der Waals surface area contributed by atoms with E-state index < -0.39 is 5.91 Å². The lowest BCUT2D eigenvalue weighted by Crippen LogP contribution is -2.13. The van der Waals surface area contributed by atoms with Crippen LogP contribution in [0.3, 0.4) is 0 Å². The predicted molar refractivity (Wildman–Crippen MR) is 115 cm³/mol. The lowest BCUT2D eigenvalue weighted by atomic mass is 10.0. The molecular formula is C21H12Cl2N6O. The van der Waals surface area contributed by atoms with Crippen LogP contribution in [0.15, 0.2) is 67.1 Å². The fourth-order valence-electron chi connectivity index (χ4n) is 2.80. The van der Waals surface area contributed by atoms with Crippen molar-refractivity contribution >= 4 is 40.5 Å². The summed E-state index contributed by atoms with van der Waals surface area (Å²) >= 11 is 12.6. The number of carbonyl (C=O) groups excluding carboxylic acids is 1. The second kappa shape index (κ2) is 8.33. The first-order chi connectivity index (χ1) is 14.5. The molecule has 1 amide bonds. The summed E-state index contributed by atoms with van der Waals surface area (Å²) in [5.41, 5.74) is 2.89. The average molecular weight is 435 g/mol. The van der Waals surface area contributed by atoms with Gasteiger partial charge >= 0.3 is 0 Å². The summed E-state index contributed by atoms with van der Waals surface area (Å²) in [6.07, 6.45) is 4.48. The largest absolute Gasteiger partial charge is 0.320 e. The van der Waals surface area contributed by atoms with Crippen molar-refractivity contribution in [2.24, 2.45) is 0 Å². The van der Waals surface area contributed by atoms with E-state index in [0.29, 0.717) is 22.8 Å². The Balaban J connectivity index is 1.55. The van der Waals surface area contributed by atoms with Gasteiger partial charge in [-0.15, -0.1) is 4.80 Å². The van der Waals surface area contributed by atoms with E-state index in [1.54, 1.807) is 42.5 Å². The van der Waals surface area contributed by atoms with E-state index in [1.165, 1.54) is 23.4 Å². The monoisotopic (exact) mass is 434 g/mol. The number of anilines is 1. The molecule has 4 aromatic rings. The van der Waals surface area contributed by atoms with E-state index >= 15 is 0 Å². The van der Waals surface area contributed by atoms with Crippen molar-refractivity contribution in [1.29, 1.82) is 0 Å². The molecule has 0 bridgehead atoms. The van der Waals surface area contributed by atoms with Crippen LogP contribution in [0, 0.1) is 6.57 Å². The van der Waals surface area contributed by atoms with Crippen LogP contribution in [-0.2, 0) is 0 Å². The Morgan fingerprint density at radius 3 is 2.47 bits per heavy atom. The Bertz CT molecular complexity index is 1280. The molecule has 2 aromatic carbocycles. The molecule has 2 heterocycles. The summed E-state index contributed by atoms with van der Waals surface area (Å²) < 4.78 is 0. The van der Waals surface area contributed by atoms with E-state index in [1.807, 2.05) is 6.07 Å². The quantitative estimate of drug-likeness (QED) is 0.433. The van der Waals surface area contributed by atoms with Crippen molar-refractivity contribution in [2.75, 3.05) is 5.32 Å². The smallest absolute Gasteiger partial charge is 0.257 e. The van der Waals surface area contributed by atoms with Gasteiger partial charge in [-0.3, -0.25) is 4.79 Å². The molecule has 7 nitrogen and oxygen atoms in total. The van der Waals surface area contributed by atoms with Gasteiger partial charge in [0.05, 0.1) is 46.5 Å². The molecule has 0 aliphatic heterocycles. The van der Waals surface area contributed by atoms with Gasteiger partial charge in [-0.25, -0.2) is 9.83 Å². The molecule has 2 aromatic heterocycles. The van der Waals surface area contributed by atoms with Crippen LogP contribution >= 0.6 is 23.2 Å². The molecule has 0 radical (unpaired) electrons. The highest BCUT2D eigenvalue weighted by Crippen LogP contribution is 2.29. The molecule has 30 heavy (non-hydrogen) atoms. The van der Waals surface area contributed by atoms with Gasteiger partial charge in [-0.1, -0.05) is 47.5 Å². The van der Waals surface area contributed by atoms with E-state index in [4.69, 9.17) is 29.8 Å². The average Bonchev–Trinajstić information content (AvgIpc) is 3.28. The number of hydrogen-bond donors (Lipinski definition) is 1. The first kappa shape index (κ1) is 19.6. The Morgan fingerprint density at radius 2 is 1.77 bits per heavy atom. The maximum Gasteiger partial charge on any atom is 0.257 e. The Kier molecular flexibility index (Phi) is 5.44. The molecule has 0 saturated heterocycles. The Morgan fingerprint density at radius 1 is 1.00 bits per heavy atom. The van der Waals surface area contributed by atoms with Crippen LogP contribution in [0.1, 0.15) is 10.4 Å². The van der Waals surface area contributed by atoms with Gasteiger partial charge in [-0.05, 0) is 35.4 Å². The van der Waals surface area contributed by atoms with Crippen molar-refractivity contribution < 1.29 is 4.79 Å². The fraction of sp³-hybridized carbons (Fsp3) is 0. The summed E-state index contributed by atoms with van der Waals surface area (Å²) in [7, 11) is 0. The Hall–Kier alpha value is -3.73. The second-order valence-corrected chi connectivity index (χ2v) is 6.97. The molecule has 0 aliphatic rings. The third-order valence-corrected chi connectivity index (χ3v) is 4.80. The van der Waals surface area contributed by atoms with Crippen molar-refractivity contribution in [3.63, 3.8) is 0 Å². The molecule has 4 rings (SSSR count). The zero-order valence-electron chi connectivity index (χ0n) is 15.3. The molecule has 1 N–H and O–H groups in total. The van der Waals surface area contributed by atoms with E-state index in [-0.39, 0.29) is 10.0 Å². The van der Waals surface area contributed by atoms with Gasteiger partial charge in [0.1, 0.15) is 0 Å². The lowest BCUT2D eigenvalue weighted by molar-refractivity contribution is 0.102. The number of rotatable bonds is 4. The van der Waals surface area contributed by atoms with Crippen molar-refractivity contribution in [3.8, 4) is 16.9 Å². The van der Waals surface area contributed by atoms with Gasteiger partial charge in [0.15, 0.2) is 11.5 Å². The van der Waals surface area contributed by atoms with Gasteiger partial charge in [0, 0.05) is 0 Å². The number of nitrogens with one attached hydrogen (secondary N) is 1. The van der Waals surface area contributed by atoms with Crippen molar-refractivity contribution in [3.05, 3.63) is 94.1 Å². The van der Waals surface area contributed by atoms with Crippen molar-refractivity contribution in [2.45, 2.75) is 0 Å². The zero-order chi connectivity index (χ0) is 21.1. The maximum absolute atomic E-state index is 12.7. The number of carbonyl (C=O) groups is 1. The third kappa shape index (κ3) is 4.01. The van der Waals surface area contributed by atoms with Gasteiger partial charge in [-0.2, -0.15) is 10.2 Å². The van der Waals surface area contributed by atoms with Crippen LogP contribution in [0.4, 0.5) is 11.4 Å². The third-order valence-electron chi connectivity index (χ3n) is 4.21. The van der Waals surface area contributed by atoms with Gasteiger partial charge < -0.3 is 5.32 Å². The van der Waals surface area contributed by atoms with Crippen LogP contribution in [0.2, 0.25) is 10.0 Å². The molecule has 0 aliphatic carbocycles. The molecular weight excluding hydrogens is 423 g/mol. The first-order valence-electron chi connectivity index (χ1n) is 8.66. The lowest BCUT2D eigenvalue weighted by Gasteiger charge is -2.10. The standard InChI is InChI=1S/C21H12Cl2N6O/c1-24-15-4-2-3-13(9-15)14-5-6-17(18(22)10-14)21(30)28-16-11-19(23)20(25-12-16)29-26-7-8-27-29/h2-12H,(H,28,30). The number of benzene rings is 2. The predicted octanol–water partition coefficient (Wildman–Crippen LogP) is 5.44. The highest BCUT2D eigenvalue weighted by atomic mass is 35.5. The van der Waals surface area contributed by atoms with Crippen LogP contribution in [0.5, 0.6) is 0 Å². The fourth-order valence-corrected chi connectivity index (χ4v) is 3.31. The number of nitrogens with zero attached hydrogens (tertiary/aromatic N) is 5. The highest BCUT2D eigenvalue weighted by Gasteiger charge is 2.14. The zero-order valence-corrected chi connectivity index (χ0v) is 16.8. The van der Waals surface area contributed by atoms with E-state index in [9.17, 15) is 4.79 Å². The summed E-state index contributed by atoms with van der Waals surface area (Å²) in [4.78, 5) is 21.6. The van der Waals surface area contributed by atoms with E-state index in [2.05, 4.69) is 25.3 Å². The van der Waals surface area contributed by atoms with Crippen molar-refractivity contribution in [1.82, 2.24) is 20.0 Å². The summed E-state index contributed by atoms with van der Waals surface area (Å²) in [5, 5.41) is 11.3. The maximum atomic E-state index is 12.7. The minimum absolute atomic E-state index is 0.283. The number of halogens is 2. The first-order valence-corrected chi connectivity index (χ1v) is 9.42. The Labute approximate surface area is 181 Å². The summed E-state index contributed by atoms with van der Waals surface area (Å²) in [5.74, 6) is -0.0482. The summed E-state index contributed by atoms with van der Waals surface area (Å²) in [6, 6.07) is 13.8. The van der Waals surface area contributed by atoms with Crippen LogP contribution in [0.25, 0.3) is 21.8 Å². The topological polar surface area (TPSA) is 77.1 Å². The highest BCUT2D eigenvalue weighted by molar-refractivity contribution is 6.35. The van der Waals surface area contributed by atoms with Crippen LogP contribution < -0.4 is 5.32 Å². The van der Waals surface area contributed by atoms with Gasteiger partial charge in [0.2, 0.25) is 0 Å². The molecule has 0 fully saturated rings. The normalized spacial score (nSPS) is 10.4. The molecule has 0 unspecified atom stereocenters. The minimum Gasteiger partial charge on any atom is -0.320 e. The summed E-state index contributed by atoms with van der Waals surface area (Å²) in [6.45, 7) is 7.13. The number of amides is 1. The minimum atomic E-state index is -0.399.